The SMILES string of the molecule is CN=C(NCCN(C)Cc1ccccc1)NCc1ccc(F)cc1.I. The van der Waals surface area contributed by atoms with Crippen LogP contribution in [0.3, 0.4) is 0 Å². The quantitative estimate of drug-likeness (QED) is 0.382. The molecule has 0 bridgehead atoms. The number of likely N-dealkylation sites (N-methyl/N-ethyl adjacent to an activating group) is 1. The summed E-state index contributed by atoms with van der Waals surface area (Å²) in [6.07, 6.45) is 0. The van der Waals surface area contributed by atoms with Gasteiger partial charge in [-0.15, -0.1) is 24.0 Å². The molecule has 0 aliphatic rings. The van der Waals surface area contributed by atoms with Crippen molar-refractivity contribution in [2.75, 3.05) is 27.2 Å². The number of guanidine groups is 1. The van der Waals surface area contributed by atoms with Crippen molar-refractivity contribution in [3.63, 3.8) is 0 Å². The summed E-state index contributed by atoms with van der Waals surface area (Å²) >= 11 is 0. The van der Waals surface area contributed by atoms with E-state index in [4.69, 9.17) is 0 Å². The minimum Gasteiger partial charge on any atom is -0.355 e. The second kappa shape index (κ2) is 11.8. The fraction of sp³-hybridized carbons (Fsp3) is 0.316. The molecule has 0 aromatic heterocycles. The molecule has 0 atom stereocenters. The van der Waals surface area contributed by atoms with Gasteiger partial charge in [0.15, 0.2) is 5.96 Å². The molecule has 0 fully saturated rings. The van der Waals surface area contributed by atoms with Crippen molar-refractivity contribution < 1.29 is 4.39 Å². The second-order valence-electron chi connectivity index (χ2n) is 5.70. The summed E-state index contributed by atoms with van der Waals surface area (Å²) < 4.78 is 12.9. The van der Waals surface area contributed by atoms with Gasteiger partial charge >= 0.3 is 0 Å². The fourth-order valence-electron chi connectivity index (χ4n) is 2.35. The predicted molar refractivity (Wildman–Crippen MR) is 113 cm³/mol. The average Bonchev–Trinajstić information content (AvgIpc) is 2.60. The zero-order valence-corrected chi connectivity index (χ0v) is 17.0. The first-order valence-corrected chi connectivity index (χ1v) is 8.09. The van der Waals surface area contributed by atoms with Gasteiger partial charge in [0, 0.05) is 33.2 Å². The monoisotopic (exact) mass is 456 g/mol. The van der Waals surface area contributed by atoms with E-state index in [2.05, 4.69) is 51.8 Å². The first kappa shape index (κ1) is 21.4. The summed E-state index contributed by atoms with van der Waals surface area (Å²) in [7, 11) is 3.84. The maximum Gasteiger partial charge on any atom is 0.191 e. The van der Waals surface area contributed by atoms with Crippen LogP contribution in [0.15, 0.2) is 59.6 Å². The highest BCUT2D eigenvalue weighted by atomic mass is 127. The fourth-order valence-corrected chi connectivity index (χ4v) is 2.35. The maximum atomic E-state index is 12.9. The van der Waals surface area contributed by atoms with E-state index < -0.39 is 0 Å². The molecule has 0 aliphatic carbocycles. The Bertz CT molecular complexity index is 632. The zero-order valence-electron chi connectivity index (χ0n) is 14.7. The summed E-state index contributed by atoms with van der Waals surface area (Å²) in [5.41, 5.74) is 2.32. The normalized spacial score (nSPS) is 11.1. The number of hydrogen-bond acceptors (Lipinski definition) is 2. The van der Waals surface area contributed by atoms with E-state index in [0.717, 1.165) is 31.2 Å². The summed E-state index contributed by atoms with van der Waals surface area (Å²) in [6, 6.07) is 16.9. The van der Waals surface area contributed by atoms with Crippen LogP contribution in [-0.2, 0) is 13.1 Å². The number of nitrogens with zero attached hydrogens (tertiary/aromatic N) is 2. The summed E-state index contributed by atoms with van der Waals surface area (Å²) in [5, 5.41) is 6.52. The highest BCUT2D eigenvalue weighted by Gasteiger charge is 2.02. The van der Waals surface area contributed by atoms with Crippen molar-refractivity contribution in [1.29, 1.82) is 0 Å². The van der Waals surface area contributed by atoms with E-state index in [9.17, 15) is 4.39 Å². The lowest BCUT2D eigenvalue weighted by Gasteiger charge is -2.18. The zero-order chi connectivity index (χ0) is 17.2. The molecule has 0 heterocycles. The van der Waals surface area contributed by atoms with Gasteiger partial charge in [0.1, 0.15) is 5.82 Å². The van der Waals surface area contributed by atoms with E-state index in [1.807, 2.05) is 6.07 Å². The van der Waals surface area contributed by atoms with Gasteiger partial charge in [0.2, 0.25) is 0 Å². The van der Waals surface area contributed by atoms with Crippen LogP contribution < -0.4 is 10.6 Å². The molecule has 0 spiro atoms. The van der Waals surface area contributed by atoms with Crippen LogP contribution in [-0.4, -0.2) is 38.0 Å². The number of rotatable bonds is 7. The minimum atomic E-state index is -0.220. The summed E-state index contributed by atoms with van der Waals surface area (Å²) in [5.74, 6) is 0.523. The van der Waals surface area contributed by atoms with Gasteiger partial charge < -0.3 is 15.5 Å². The van der Waals surface area contributed by atoms with Crippen LogP contribution in [0, 0.1) is 5.82 Å². The van der Waals surface area contributed by atoms with E-state index in [1.54, 1.807) is 19.2 Å². The molecule has 0 saturated carbocycles. The predicted octanol–water partition coefficient (Wildman–Crippen LogP) is 3.24. The van der Waals surface area contributed by atoms with E-state index in [1.165, 1.54) is 17.7 Å². The highest BCUT2D eigenvalue weighted by molar-refractivity contribution is 14.0. The van der Waals surface area contributed by atoms with Crippen LogP contribution in [0.2, 0.25) is 0 Å². The van der Waals surface area contributed by atoms with Gasteiger partial charge in [-0.25, -0.2) is 4.39 Å². The third-order valence-electron chi connectivity index (χ3n) is 3.68. The molecule has 136 valence electrons. The van der Waals surface area contributed by atoms with Crippen molar-refractivity contribution in [1.82, 2.24) is 15.5 Å². The van der Waals surface area contributed by atoms with Gasteiger partial charge in [0.25, 0.3) is 0 Å². The Morgan fingerprint density at radius 2 is 1.68 bits per heavy atom. The van der Waals surface area contributed by atoms with Crippen molar-refractivity contribution in [2.24, 2.45) is 4.99 Å². The number of aliphatic imine (C=N–C) groups is 1. The number of nitrogens with one attached hydrogen (secondary N) is 2. The van der Waals surface area contributed by atoms with Crippen molar-refractivity contribution >= 4 is 29.9 Å². The number of benzene rings is 2. The van der Waals surface area contributed by atoms with Gasteiger partial charge in [-0.05, 0) is 30.3 Å². The van der Waals surface area contributed by atoms with Gasteiger partial charge in [0.05, 0.1) is 0 Å². The Balaban J connectivity index is 0.00000312. The van der Waals surface area contributed by atoms with Crippen molar-refractivity contribution in [2.45, 2.75) is 13.1 Å². The van der Waals surface area contributed by atoms with Crippen molar-refractivity contribution in [3.05, 3.63) is 71.5 Å². The largest absolute Gasteiger partial charge is 0.355 e. The standard InChI is InChI=1S/C19H25FN4.HI/c1-21-19(23-14-16-8-10-18(20)11-9-16)22-12-13-24(2)15-17-6-4-3-5-7-17;/h3-11H,12-15H2,1-2H3,(H2,21,22,23);1H. The Morgan fingerprint density at radius 3 is 2.32 bits per heavy atom. The molecule has 2 rings (SSSR count). The van der Waals surface area contributed by atoms with Crippen LogP contribution in [0.25, 0.3) is 0 Å². The first-order chi connectivity index (χ1) is 11.7. The molecule has 25 heavy (non-hydrogen) atoms. The molecule has 0 saturated heterocycles. The number of halogens is 2. The lowest BCUT2D eigenvalue weighted by molar-refractivity contribution is 0.331. The molecule has 4 nitrogen and oxygen atoms in total. The molecular formula is C19H26FIN4. The number of hydrogen-bond donors (Lipinski definition) is 2. The van der Waals surface area contributed by atoms with Crippen molar-refractivity contribution in [3.8, 4) is 0 Å². The highest BCUT2D eigenvalue weighted by Crippen LogP contribution is 2.02. The molecule has 0 amide bonds. The van der Waals surface area contributed by atoms with E-state index in [0.29, 0.717) is 6.54 Å². The van der Waals surface area contributed by atoms with E-state index >= 15 is 0 Å². The Hall–Kier alpha value is -1.67. The topological polar surface area (TPSA) is 39.7 Å². The van der Waals surface area contributed by atoms with Gasteiger partial charge in [-0.2, -0.15) is 0 Å². The third-order valence-corrected chi connectivity index (χ3v) is 3.68. The maximum absolute atomic E-state index is 12.9. The Labute approximate surface area is 166 Å². The second-order valence-corrected chi connectivity index (χ2v) is 5.70. The van der Waals surface area contributed by atoms with E-state index in [-0.39, 0.29) is 29.8 Å². The molecule has 2 aromatic rings. The lowest BCUT2D eigenvalue weighted by Crippen LogP contribution is -2.40. The molecule has 6 heteroatoms. The molecule has 2 aromatic carbocycles. The van der Waals surface area contributed by atoms with Gasteiger partial charge in [-0.3, -0.25) is 4.99 Å². The summed E-state index contributed by atoms with van der Waals surface area (Å²) in [4.78, 5) is 6.46. The average molecular weight is 456 g/mol. The Morgan fingerprint density at radius 1 is 1.00 bits per heavy atom. The molecule has 0 radical (unpaired) electrons. The molecule has 0 unspecified atom stereocenters. The van der Waals surface area contributed by atoms with Crippen LogP contribution in [0.4, 0.5) is 4.39 Å². The lowest BCUT2D eigenvalue weighted by atomic mass is 10.2. The molecule has 0 aliphatic heterocycles. The van der Waals surface area contributed by atoms with Crippen LogP contribution >= 0.6 is 24.0 Å². The smallest absolute Gasteiger partial charge is 0.191 e. The molecule has 2 N–H and O–H groups in total. The Kier molecular flexibility index (Phi) is 10.1. The van der Waals surface area contributed by atoms with Crippen LogP contribution in [0.5, 0.6) is 0 Å². The minimum absolute atomic E-state index is 0. The first-order valence-electron chi connectivity index (χ1n) is 8.09. The summed E-state index contributed by atoms with van der Waals surface area (Å²) in [6.45, 7) is 3.24. The van der Waals surface area contributed by atoms with Crippen LogP contribution in [0.1, 0.15) is 11.1 Å². The third kappa shape index (κ3) is 8.31. The molecular weight excluding hydrogens is 430 g/mol. The van der Waals surface area contributed by atoms with Gasteiger partial charge in [-0.1, -0.05) is 42.5 Å².